The van der Waals surface area contributed by atoms with Gasteiger partial charge in [-0.3, -0.25) is 0 Å². The lowest BCUT2D eigenvalue weighted by atomic mass is 9.99. The predicted molar refractivity (Wildman–Crippen MR) is 59.8 cm³/mol. The fraction of sp³-hybridized carbons (Fsp3) is 0.692. The molecular formula is C13H22. The van der Waals surface area contributed by atoms with Crippen LogP contribution >= 0.6 is 0 Å². The summed E-state index contributed by atoms with van der Waals surface area (Å²) in [7, 11) is 0. The van der Waals surface area contributed by atoms with Crippen LogP contribution in [0.2, 0.25) is 0 Å². The van der Waals surface area contributed by atoms with Crippen LogP contribution in [0.1, 0.15) is 58.3 Å². The molecule has 0 radical (unpaired) electrons. The third-order valence-corrected chi connectivity index (χ3v) is 2.63. The van der Waals surface area contributed by atoms with Crippen LogP contribution in [0.25, 0.3) is 0 Å². The Kier molecular flexibility index (Phi) is 5.64. The van der Waals surface area contributed by atoms with Crippen LogP contribution in [0.15, 0.2) is 23.8 Å². The van der Waals surface area contributed by atoms with E-state index in [1.165, 1.54) is 51.4 Å². The molecule has 0 bridgehead atoms. The van der Waals surface area contributed by atoms with Crippen LogP contribution in [0, 0.1) is 0 Å². The van der Waals surface area contributed by atoms with E-state index in [-0.39, 0.29) is 0 Å². The first-order valence-electron chi connectivity index (χ1n) is 5.79. The van der Waals surface area contributed by atoms with Gasteiger partial charge in [0.2, 0.25) is 0 Å². The lowest BCUT2D eigenvalue weighted by Gasteiger charge is -2.07. The molecule has 74 valence electrons. The van der Waals surface area contributed by atoms with Crippen LogP contribution < -0.4 is 0 Å². The van der Waals surface area contributed by atoms with E-state index >= 15 is 0 Å². The van der Waals surface area contributed by atoms with E-state index in [0.29, 0.717) is 0 Å². The lowest BCUT2D eigenvalue weighted by molar-refractivity contribution is 0.708. The Balaban J connectivity index is 2.11. The Morgan fingerprint density at radius 3 is 2.92 bits per heavy atom. The Morgan fingerprint density at radius 1 is 1.31 bits per heavy atom. The Morgan fingerprint density at radius 2 is 2.23 bits per heavy atom. The maximum atomic E-state index is 2.40. The maximum Gasteiger partial charge on any atom is -0.0282 e. The van der Waals surface area contributed by atoms with Crippen molar-refractivity contribution in [2.24, 2.45) is 0 Å². The van der Waals surface area contributed by atoms with Crippen LogP contribution in [-0.2, 0) is 0 Å². The molecule has 0 amide bonds. The highest BCUT2D eigenvalue weighted by atomic mass is 14.0. The number of allylic oxidation sites excluding steroid dienone is 4. The molecule has 0 heteroatoms. The van der Waals surface area contributed by atoms with Crippen molar-refractivity contribution in [3.63, 3.8) is 0 Å². The van der Waals surface area contributed by atoms with E-state index in [2.05, 4.69) is 25.2 Å². The molecule has 0 heterocycles. The first-order chi connectivity index (χ1) is 6.43. The highest BCUT2D eigenvalue weighted by Crippen LogP contribution is 2.18. The molecule has 0 nitrogen and oxygen atoms in total. The van der Waals surface area contributed by atoms with E-state index in [1.54, 1.807) is 5.57 Å². The predicted octanol–water partition coefficient (Wildman–Crippen LogP) is 4.62. The van der Waals surface area contributed by atoms with E-state index in [0.717, 1.165) is 0 Å². The standard InChI is InChI=1S/C13H22/c1-2-3-4-5-7-10-13-11-8-6-9-12-13/h7,10-11H,2-6,8-9,12H2,1H3/b10-7+. The summed E-state index contributed by atoms with van der Waals surface area (Å²) in [5.74, 6) is 0. The monoisotopic (exact) mass is 178 g/mol. The van der Waals surface area contributed by atoms with E-state index in [4.69, 9.17) is 0 Å². The zero-order chi connectivity index (χ0) is 9.36. The molecule has 0 aliphatic heterocycles. The second-order valence-electron chi connectivity index (χ2n) is 3.92. The molecule has 0 unspecified atom stereocenters. The number of hydrogen-bond donors (Lipinski definition) is 0. The zero-order valence-corrected chi connectivity index (χ0v) is 8.89. The molecule has 13 heavy (non-hydrogen) atoms. The molecule has 0 fully saturated rings. The minimum Gasteiger partial charge on any atom is -0.0843 e. The normalized spacial score (nSPS) is 17.8. The van der Waals surface area contributed by atoms with Crippen LogP contribution in [0.3, 0.4) is 0 Å². The molecule has 0 spiro atoms. The Hall–Kier alpha value is -0.520. The van der Waals surface area contributed by atoms with Gasteiger partial charge < -0.3 is 0 Å². The van der Waals surface area contributed by atoms with Gasteiger partial charge >= 0.3 is 0 Å². The number of hydrogen-bond acceptors (Lipinski definition) is 0. The Labute approximate surface area is 82.7 Å². The van der Waals surface area contributed by atoms with Gasteiger partial charge in [-0.2, -0.15) is 0 Å². The van der Waals surface area contributed by atoms with Crippen LogP contribution in [0.4, 0.5) is 0 Å². The van der Waals surface area contributed by atoms with Gasteiger partial charge in [-0.1, -0.05) is 43.6 Å². The average Bonchev–Trinajstić information content (AvgIpc) is 2.19. The zero-order valence-electron chi connectivity index (χ0n) is 8.89. The van der Waals surface area contributed by atoms with Crippen molar-refractivity contribution in [3.05, 3.63) is 23.8 Å². The maximum absolute atomic E-state index is 2.40. The summed E-state index contributed by atoms with van der Waals surface area (Å²) in [5, 5.41) is 0. The minimum absolute atomic E-state index is 1.27. The first kappa shape index (κ1) is 10.6. The van der Waals surface area contributed by atoms with Crippen LogP contribution in [0.5, 0.6) is 0 Å². The molecular weight excluding hydrogens is 156 g/mol. The SMILES string of the molecule is CCCCC/C=C/C1=CCCCC1. The number of unbranched alkanes of at least 4 members (excludes halogenated alkanes) is 3. The minimum atomic E-state index is 1.27. The van der Waals surface area contributed by atoms with Gasteiger partial charge in [-0.05, 0) is 38.5 Å². The van der Waals surface area contributed by atoms with E-state index < -0.39 is 0 Å². The average molecular weight is 178 g/mol. The number of rotatable bonds is 5. The highest BCUT2D eigenvalue weighted by molar-refractivity contribution is 5.19. The molecule has 0 aromatic carbocycles. The third kappa shape index (κ3) is 4.92. The van der Waals surface area contributed by atoms with E-state index in [9.17, 15) is 0 Å². The molecule has 0 saturated carbocycles. The second kappa shape index (κ2) is 6.94. The molecule has 0 aromatic heterocycles. The van der Waals surface area contributed by atoms with Gasteiger partial charge in [0.15, 0.2) is 0 Å². The smallest absolute Gasteiger partial charge is 0.0282 e. The second-order valence-corrected chi connectivity index (χ2v) is 3.92. The van der Waals surface area contributed by atoms with Crippen molar-refractivity contribution in [2.45, 2.75) is 58.3 Å². The molecule has 1 aliphatic rings. The molecule has 0 N–H and O–H groups in total. The van der Waals surface area contributed by atoms with Crippen molar-refractivity contribution in [2.75, 3.05) is 0 Å². The van der Waals surface area contributed by atoms with Crippen LogP contribution in [-0.4, -0.2) is 0 Å². The molecule has 1 rings (SSSR count). The van der Waals surface area contributed by atoms with E-state index in [1.807, 2.05) is 0 Å². The highest BCUT2D eigenvalue weighted by Gasteiger charge is 1.98. The van der Waals surface area contributed by atoms with Gasteiger partial charge in [-0.15, -0.1) is 0 Å². The van der Waals surface area contributed by atoms with Crippen molar-refractivity contribution < 1.29 is 0 Å². The summed E-state index contributed by atoms with van der Waals surface area (Å²) in [6, 6.07) is 0. The largest absolute Gasteiger partial charge is 0.0843 e. The lowest BCUT2D eigenvalue weighted by Crippen LogP contribution is -1.87. The van der Waals surface area contributed by atoms with Gasteiger partial charge in [0.25, 0.3) is 0 Å². The van der Waals surface area contributed by atoms with Gasteiger partial charge in [0.05, 0.1) is 0 Å². The van der Waals surface area contributed by atoms with Crippen molar-refractivity contribution in [1.82, 2.24) is 0 Å². The quantitative estimate of drug-likeness (QED) is 0.539. The van der Waals surface area contributed by atoms with Gasteiger partial charge in [0, 0.05) is 0 Å². The third-order valence-electron chi connectivity index (χ3n) is 2.63. The molecule has 1 aliphatic carbocycles. The van der Waals surface area contributed by atoms with Crippen molar-refractivity contribution in [1.29, 1.82) is 0 Å². The fourth-order valence-corrected chi connectivity index (χ4v) is 1.76. The topological polar surface area (TPSA) is 0 Å². The van der Waals surface area contributed by atoms with Crippen molar-refractivity contribution >= 4 is 0 Å². The summed E-state index contributed by atoms with van der Waals surface area (Å²) < 4.78 is 0. The summed E-state index contributed by atoms with van der Waals surface area (Å²) in [6.07, 6.45) is 17.8. The summed E-state index contributed by atoms with van der Waals surface area (Å²) in [4.78, 5) is 0. The van der Waals surface area contributed by atoms with Crippen molar-refractivity contribution in [3.8, 4) is 0 Å². The van der Waals surface area contributed by atoms with Gasteiger partial charge in [-0.25, -0.2) is 0 Å². The summed E-state index contributed by atoms with van der Waals surface area (Å²) in [5.41, 5.74) is 1.57. The Bertz CT molecular complexity index is 174. The summed E-state index contributed by atoms with van der Waals surface area (Å²) >= 11 is 0. The summed E-state index contributed by atoms with van der Waals surface area (Å²) in [6.45, 7) is 2.26. The fourth-order valence-electron chi connectivity index (χ4n) is 1.76. The van der Waals surface area contributed by atoms with Gasteiger partial charge in [0.1, 0.15) is 0 Å². The molecule has 0 aromatic rings. The first-order valence-corrected chi connectivity index (χ1v) is 5.79. The molecule has 0 atom stereocenters. The molecule has 0 saturated heterocycles.